The minimum absolute atomic E-state index is 0. The number of hydrogen-bond acceptors (Lipinski definition) is 12. The van der Waals surface area contributed by atoms with E-state index in [0.717, 1.165) is 11.1 Å². The SMILES string of the molecule is C[C@H](Cc1ccc(OC(=O)CCN(C)C)c(OC(=O)CCN(C)C)c1)[C@@H](C)Cc1ccc(OC(=O)CCN(C)C)c(OC(=O)CCN(C)C)c1.Cl.Cl.Cl.Cl. The van der Waals surface area contributed by atoms with E-state index in [2.05, 4.69) is 13.8 Å². The van der Waals surface area contributed by atoms with Crippen molar-refractivity contribution in [2.45, 2.75) is 52.4 Å². The van der Waals surface area contributed by atoms with Crippen LogP contribution in [0.2, 0.25) is 0 Å². The van der Waals surface area contributed by atoms with Gasteiger partial charge in [-0.2, -0.15) is 0 Å². The fourth-order valence-electron chi connectivity index (χ4n) is 4.79. The van der Waals surface area contributed by atoms with Crippen LogP contribution in [0.4, 0.5) is 0 Å². The van der Waals surface area contributed by atoms with E-state index in [1.165, 1.54) is 0 Å². The van der Waals surface area contributed by atoms with Crippen LogP contribution < -0.4 is 18.9 Å². The molecule has 0 aliphatic carbocycles. The topological polar surface area (TPSA) is 118 Å². The Balaban J connectivity index is -0.00000650. The predicted octanol–water partition coefficient (Wildman–Crippen LogP) is 5.86. The van der Waals surface area contributed by atoms with Gasteiger partial charge < -0.3 is 38.5 Å². The summed E-state index contributed by atoms with van der Waals surface area (Å²) in [6.45, 7) is 6.42. The number of hydrogen-bond donors (Lipinski definition) is 0. The van der Waals surface area contributed by atoms with Crippen molar-refractivity contribution < 1.29 is 38.1 Å². The molecule has 310 valence electrons. The molecule has 16 heteroatoms. The number of carbonyl (C=O) groups is 4. The second-order valence-corrected chi connectivity index (χ2v) is 14.0. The highest BCUT2D eigenvalue weighted by Gasteiger charge is 2.21. The van der Waals surface area contributed by atoms with Crippen molar-refractivity contribution in [2.75, 3.05) is 82.6 Å². The summed E-state index contributed by atoms with van der Waals surface area (Å²) >= 11 is 0. The van der Waals surface area contributed by atoms with Gasteiger partial charge >= 0.3 is 23.9 Å². The molecule has 0 saturated carbocycles. The van der Waals surface area contributed by atoms with Gasteiger partial charge in [0.1, 0.15) is 0 Å². The number of esters is 4. The quantitative estimate of drug-likeness (QED) is 0.111. The molecule has 0 fully saturated rings. The lowest BCUT2D eigenvalue weighted by molar-refractivity contribution is -0.137. The lowest BCUT2D eigenvalue weighted by atomic mass is 9.85. The summed E-state index contributed by atoms with van der Waals surface area (Å²) in [6, 6.07) is 10.7. The largest absolute Gasteiger partial charge is 0.422 e. The molecular formula is C38H62Cl4N4O8. The zero-order chi connectivity index (χ0) is 37.4. The predicted molar refractivity (Wildman–Crippen MR) is 223 cm³/mol. The molecule has 2 aromatic rings. The molecule has 0 bridgehead atoms. The van der Waals surface area contributed by atoms with E-state index in [0.29, 0.717) is 39.0 Å². The molecule has 0 spiro atoms. The fraction of sp³-hybridized carbons (Fsp3) is 0.579. The fourth-order valence-corrected chi connectivity index (χ4v) is 4.79. The number of nitrogens with zero attached hydrogens (tertiary/aromatic N) is 4. The van der Waals surface area contributed by atoms with Gasteiger partial charge in [0.2, 0.25) is 0 Å². The van der Waals surface area contributed by atoms with Crippen molar-refractivity contribution in [3.05, 3.63) is 47.5 Å². The van der Waals surface area contributed by atoms with Crippen LogP contribution in [0.15, 0.2) is 36.4 Å². The second kappa shape index (κ2) is 28.7. The Kier molecular flexibility index (Phi) is 29.6. The van der Waals surface area contributed by atoms with E-state index in [-0.39, 0.29) is 110 Å². The number of halogens is 4. The van der Waals surface area contributed by atoms with E-state index in [1.54, 1.807) is 24.3 Å². The molecule has 2 atom stereocenters. The smallest absolute Gasteiger partial charge is 0.312 e. The first-order chi connectivity index (χ1) is 23.5. The third-order valence-electron chi connectivity index (χ3n) is 8.05. The number of carbonyl (C=O) groups excluding carboxylic acids is 4. The molecule has 0 aliphatic rings. The Bertz CT molecular complexity index is 1320. The van der Waals surface area contributed by atoms with Gasteiger partial charge in [0, 0.05) is 26.2 Å². The summed E-state index contributed by atoms with van der Waals surface area (Å²) in [5, 5.41) is 0. The van der Waals surface area contributed by atoms with Gasteiger partial charge in [-0.15, -0.1) is 49.6 Å². The molecule has 12 nitrogen and oxygen atoms in total. The van der Waals surface area contributed by atoms with Gasteiger partial charge in [-0.3, -0.25) is 19.2 Å². The van der Waals surface area contributed by atoms with E-state index < -0.39 is 23.9 Å². The Morgan fingerprint density at radius 1 is 0.444 bits per heavy atom. The van der Waals surface area contributed by atoms with Gasteiger partial charge in [-0.05, 0) is 116 Å². The zero-order valence-electron chi connectivity index (χ0n) is 33.4. The monoisotopic (exact) mass is 842 g/mol. The van der Waals surface area contributed by atoms with Crippen molar-refractivity contribution in [3.63, 3.8) is 0 Å². The molecular weight excluding hydrogens is 782 g/mol. The first-order valence-electron chi connectivity index (χ1n) is 17.2. The molecule has 0 aliphatic heterocycles. The Labute approximate surface area is 347 Å². The van der Waals surface area contributed by atoms with Gasteiger partial charge in [0.15, 0.2) is 23.0 Å². The van der Waals surface area contributed by atoms with Crippen molar-refractivity contribution in [2.24, 2.45) is 11.8 Å². The molecule has 0 amide bonds. The highest BCUT2D eigenvalue weighted by atomic mass is 35.5. The third-order valence-corrected chi connectivity index (χ3v) is 8.05. The molecule has 0 saturated heterocycles. The molecule has 0 aromatic heterocycles. The maximum Gasteiger partial charge on any atom is 0.312 e. The van der Waals surface area contributed by atoms with Crippen molar-refractivity contribution >= 4 is 73.5 Å². The first-order valence-corrected chi connectivity index (χ1v) is 17.2. The van der Waals surface area contributed by atoms with Crippen molar-refractivity contribution in [1.29, 1.82) is 0 Å². The summed E-state index contributed by atoms with van der Waals surface area (Å²) < 4.78 is 22.6. The summed E-state index contributed by atoms with van der Waals surface area (Å²) in [7, 11) is 15.0. The summed E-state index contributed by atoms with van der Waals surface area (Å²) in [6.07, 6.45) is 2.14. The van der Waals surface area contributed by atoms with Gasteiger partial charge in [-0.1, -0.05) is 26.0 Å². The average molecular weight is 845 g/mol. The third kappa shape index (κ3) is 22.6. The first kappa shape index (κ1) is 55.7. The molecule has 2 rings (SSSR count). The minimum Gasteiger partial charge on any atom is -0.422 e. The van der Waals surface area contributed by atoms with E-state index in [9.17, 15) is 19.2 Å². The molecule has 0 unspecified atom stereocenters. The Morgan fingerprint density at radius 2 is 0.685 bits per heavy atom. The van der Waals surface area contributed by atoms with E-state index in [1.807, 2.05) is 88.1 Å². The maximum atomic E-state index is 12.7. The van der Waals surface area contributed by atoms with Crippen LogP contribution in [-0.4, -0.2) is 126 Å². The highest BCUT2D eigenvalue weighted by molar-refractivity contribution is 5.86. The normalized spacial score (nSPS) is 11.7. The molecule has 0 N–H and O–H groups in total. The molecule has 2 aromatic carbocycles. The van der Waals surface area contributed by atoms with Crippen molar-refractivity contribution in [3.8, 4) is 23.0 Å². The second-order valence-electron chi connectivity index (χ2n) is 14.0. The maximum absolute atomic E-state index is 12.7. The number of ether oxygens (including phenoxy) is 4. The standard InChI is InChI=1S/C38H58N4O8.4ClH/c1-27(23-29-11-13-31(47-35(43)15-19-39(3)4)33(25-29)49-37(45)17-21-41(7)8)28(2)24-30-12-14-32(48-36(44)16-20-40(5)6)34(26-30)50-38(46)18-22-42(9)10;;;;/h11-14,25-28H,15-24H2,1-10H3;4*1H/t27-,28+;;;;. The van der Waals surface area contributed by atoms with Crippen LogP contribution in [0.25, 0.3) is 0 Å². The average Bonchev–Trinajstić information content (AvgIpc) is 3.03. The summed E-state index contributed by atoms with van der Waals surface area (Å²) in [4.78, 5) is 57.9. The van der Waals surface area contributed by atoms with Crippen molar-refractivity contribution in [1.82, 2.24) is 19.6 Å². The summed E-state index contributed by atoms with van der Waals surface area (Å²) in [5.74, 6) is -0.376. The highest BCUT2D eigenvalue weighted by Crippen LogP contribution is 2.33. The van der Waals surface area contributed by atoms with E-state index in [4.69, 9.17) is 18.9 Å². The number of rotatable bonds is 21. The Hall–Kier alpha value is -2.68. The number of benzene rings is 2. The lowest BCUT2D eigenvalue weighted by Gasteiger charge is -2.22. The van der Waals surface area contributed by atoms with Crippen LogP contribution in [-0.2, 0) is 32.0 Å². The zero-order valence-corrected chi connectivity index (χ0v) is 36.6. The van der Waals surface area contributed by atoms with Crippen LogP contribution in [0.1, 0.15) is 50.7 Å². The van der Waals surface area contributed by atoms with Crippen LogP contribution in [0.5, 0.6) is 23.0 Å². The summed E-state index contributed by atoms with van der Waals surface area (Å²) in [5.41, 5.74) is 1.87. The van der Waals surface area contributed by atoms with Gasteiger partial charge in [-0.25, -0.2) is 0 Å². The molecule has 0 heterocycles. The van der Waals surface area contributed by atoms with Gasteiger partial charge in [0.25, 0.3) is 0 Å². The molecule has 54 heavy (non-hydrogen) atoms. The Morgan fingerprint density at radius 3 is 0.926 bits per heavy atom. The van der Waals surface area contributed by atoms with Crippen LogP contribution >= 0.6 is 49.6 Å². The van der Waals surface area contributed by atoms with E-state index >= 15 is 0 Å². The lowest BCUT2D eigenvalue weighted by Crippen LogP contribution is -2.21. The van der Waals surface area contributed by atoms with Crippen LogP contribution in [0.3, 0.4) is 0 Å². The van der Waals surface area contributed by atoms with Crippen LogP contribution in [0, 0.1) is 11.8 Å². The molecule has 0 radical (unpaired) electrons. The minimum atomic E-state index is -0.409. The van der Waals surface area contributed by atoms with Gasteiger partial charge in [0.05, 0.1) is 25.7 Å².